The molecule has 1 aliphatic rings. The SMILES string of the molecule is COC(C1CC1)C(N)c1ccc(C)c(F)c1. The van der Waals surface area contributed by atoms with E-state index in [2.05, 4.69) is 0 Å². The highest BCUT2D eigenvalue weighted by molar-refractivity contribution is 5.26. The number of rotatable bonds is 4. The highest BCUT2D eigenvalue weighted by Crippen LogP contribution is 2.39. The van der Waals surface area contributed by atoms with E-state index in [4.69, 9.17) is 10.5 Å². The van der Waals surface area contributed by atoms with E-state index in [1.54, 1.807) is 20.1 Å². The van der Waals surface area contributed by atoms with Crippen LogP contribution >= 0.6 is 0 Å². The standard InChI is InChI=1S/C13H18FNO/c1-8-3-4-10(7-11(8)14)12(15)13(16-2)9-5-6-9/h3-4,7,9,12-13H,5-6,15H2,1-2H3. The van der Waals surface area contributed by atoms with Crippen molar-refractivity contribution in [2.45, 2.75) is 31.9 Å². The Bertz CT molecular complexity index is 376. The predicted octanol–water partition coefficient (Wildman–Crippen LogP) is 2.56. The number of ether oxygens (including phenoxy) is 1. The molecular weight excluding hydrogens is 205 g/mol. The molecule has 0 saturated heterocycles. The number of aryl methyl sites for hydroxylation is 1. The molecule has 2 unspecified atom stereocenters. The van der Waals surface area contributed by atoms with E-state index >= 15 is 0 Å². The second-order valence-corrected chi connectivity index (χ2v) is 4.57. The fraction of sp³-hybridized carbons (Fsp3) is 0.538. The second-order valence-electron chi connectivity index (χ2n) is 4.57. The number of nitrogens with two attached hydrogens (primary N) is 1. The summed E-state index contributed by atoms with van der Waals surface area (Å²) in [6.45, 7) is 1.75. The molecule has 0 radical (unpaired) electrons. The van der Waals surface area contributed by atoms with Crippen LogP contribution in [0, 0.1) is 18.7 Å². The molecule has 16 heavy (non-hydrogen) atoms. The second kappa shape index (κ2) is 4.52. The molecule has 1 saturated carbocycles. The van der Waals surface area contributed by atoms with E-state index in [-0.39, 0.29) is 18.0 Å². The minimum absolute atomic E-state index is 0.0158. The molecule has 0 aliphatic heterocycles. The molecule has 0 heterocycles. The number of methoxy groups -OCH3 is 1. The first kappa shape index (κ1) is 11.6. The van der Waals surface area contributed by atoms with Gasteiger partial charge in [-0.1, -0.05) is 12.1 Å². The quantitative estimate of drug-likeness (QED) is 0.851. The molecule has 1 aliphatic carbocycles. The van der Waals surface area contributed by atoms with Gasteiger partial charge in [0.05, 0.1) is 12.1 Å². The van der Waals surface area contributed by atoms with Crippen molar-refractivity contribution in [1.29, 1.82) is 0 Å². The first-order chi connectivity index (χ1) is 7.63. The lowest BCUT2D eigenvalue weighted by molar-refractivity contribution is 0.0623. The van der Waals surface area contributed by atoms with Gasteiger partial charge in [0.1, 0.15) is 5.82 Å². The maximum atomic E-state index is 13.4. The van der Waals surface area contributed by atoms with Crippen molar-refractivity contribution in [3.8, 4) is 0 Å². The molecule has 0 aromatic heterocycles. The van der Waals surface area contributed by atoms with Crippen LogP contribution in [0.2, 0.25) is 0 Å². The number of halogens is 1. The molecule has 2 nitrogen and oxygen atoms in total. The summed E-state index contributed by atoms with van der Waals surface area (Å²) in [5.74, 6) is 0.350. The van der Waals surface area contributed by atoms with Gasteiger partial charge in [-0.25, -0.2) is 4.39 Å². The van der Waals surface area contributed by atoms with Gasteiger partial charge in [0.25, 0.3) is 0 Å². The van der Waals surface area contributed by atoms with Crippen LogP contribution in [0.3, 0.4) is 0 Å². The van der Waals surface area contributed by atoms with Crippen molar-refractivity contribution in [2.24, 2.45) is 11.7 Å². The summed E-state index contributed by atoms with van der Waals surface area (Å²) in [7, 11) is 1.67. The highest BCUT2D eigenvalue weighted by atomic mass is 19.1. The first-order valence-electron chi connectivity index (χ1n) is 5.68. The smallest absolute Gasteiger partial charge is 0.126 e. The summed E-state index contributed by atoms with van der Waals surface area (Å²) >= 11 is 0. The van der Waals surface area contributed by atoms with Crippen LogP contribution in [0.15, 0.2) is 18.2 Å². The van der Waals surface area contributed by atoms with E-state index in [1.807, 2.05) is 6.07 Å². The Morgan fingerprint density at radius 2 is 2.12 bits per heavy atom. The van der Waals surface area contributed by atoms with E-state index < -0.39 is 0 Å². The molecule has 0 spiro atoms. The van der Waals surface area contributed by atoms with Gasteiger partial charge in [-0.15, -0.1) is 0 Å². The molecule has 88 valence electrons. The average molecular weight is 223 g/mol. The molecule has 1 aromatic carbocycles. The summed E-state index contributed by atoms with van der Waals surface area (Å²) in [6.07, 6.45) is 2.35. The molecule has 2 atom stereocenters. The van der Waals surface area contributed by atoms with Gasteiger partial charge in [-0.3, -0.25) is 0 Å². The third kappa shape index (κ3) is 2.25. The van der Waals surface area contributed by atoms with Gasteiger partial charge < -0.3 is 10.5 Å². The van der Waals surface area contributed by atoms with Crippen LogP contribution in [0.5, 0.6) is 0 Å². The van der Waals surface area contributed by atoms with Crippen molar-refractivity contribution in [2.75, 3.05) is 7.11 Å². The maximum Gasteiger partial charge on any atom is 0.126 e. The van der Waals surface area contributed by atoms with Crippen molar-refractivity contribution in [3.05, 3.63) is 35.1 Å². The van der Waals surface area contributed by atoms with Crippen molar-refractivity contribution < 1.29 is 9.13 Å². The monoisotopic (exact) mass is 223 g/mol. The summed E-state index contributed by atoms with van der Waals surface area (Å²) in [5, 5.41) is 0. The zero-order chi connectivity index (χ0) is 11.7. The van der Waals surface area contributed by atoms with Crippen LogP contribution in [-0.4, -0.2) is 13.2 Å². The third-order valence-electron chi connectivity index (χ3n) is 3.29. The Hall–Kier alpha value is -0.930. The minimum atomic E-state index is -0.229. The molecule has 0 amide bonds. The third-order valence-corrected chi connectivity index (χ3v) is 3.29. The van der Waals surface area contributed by atoms with E-state index in [1.165, 1.54) is 18.9 Å². The molecule has 1 fully saturated rings. The number of hydrogen-bond donors (Lipinski definition) is 1. The van der Waals surface area contributed by atoms with E-state index in [0.717, 1.165) is 5.56 Å². The van der Waals surface area contributed by atoms with Crippen LogP contribution in [-0.2, 0) is 4.74 Å². The largest absolute Gasteiger partial charge is 0.379 e. The normalized spacial score (nSPS) is 19.5. The number of benzene rings is 1. The summed E-state index contributed by atoms with van der Waals surface area (Å²) < 4.78 is 18.8. The fourth-order valence-corrected chi connectivity index (χ4v) is 2.06. The lowest BCUT2D eigenvalue weighted by Crippen LogP contribution is -2.30. The minimum Gasteiger partial charge on any atom is -0.379 e. The fourth-order valence-electron chi connectivity index (χ4n) is 2.06. The van der Waals surface area contributed by atoms with E-state index in [0.29, 0.717) is 11.5 Å². The Morgan fingerprint density at radius 3 is 2.62 bits per heavy atom. The van der Waals surface area contributed by atoms with Gasteiger partial charge in [0.15, 0.2) is 0 Å². The van der Waals surface area contributed by atoms with Crippen LogP contribution < -0.4 is 5.73 Å². The summed E-state index contributed by atoms with van der Waals surface area (Å²) in [6, 6.07) is 4.95. The number of hydrogen-bond acceptors (Lipinski definition) is 2. The first-order valence-corrected chi connectivity index (χ1v) is 5.68. The average Bonchev–Trinajstić information content (AvgIpc) is 3.07. The zero-order valence-electron chi connectivity index (χ0n) is 9.74. The highest BCUT2D eigenvalue weighted by Gasteiger charge is 2.35. The zero-order valence-corrected chi connectivity index (χ0v) is 9.74. The topological polar surface area (TPSA) is 35.2 Å². The van der Waals surface area contributed by atoms with Crippen molar-refractivity contribution >= 4 is 0 Å². The molecule has 1 aromatic rings. The van der Waals surface area contributed by atoms with Gasteiger partial charge in [-0.2, -0.15) is 0 Å². The van der Waals surface area contributed by atoms with Gasteiger partial charge >= 0.3 is 0 Å². The van der Waals surface area contributed by atoms with Crippen LogP contribution in [0.1, 0.15) is 30.0 Å². The van der Waals surface area contributed by atoms with Crippen LogP contribution in [0.4, 0.5) is 4.39 Å². The maximum absolute atomic E-state index is 13.4. The molecule has 2 N–H and O–H groups in total. The predicted molar refractivity (Wildman–Crippen MR) is 61.6 cm³/mol. The van der Waals surface area contributed by atoms with Crippen molar-refractivity contribution in [3.63, 3.8) is 0 Å². The van der Waals surface area contributed by atoms with Crippen molar-refractivity contribution in [1.82, 2.24) is 0 Å². The van der Waals surface area contributed by atoms with Crippen LogP contribution in [0.25, 0.3) is 0 Å². The van der Waals surface area contributed by atoms with Gasteiger partial charge in [0, 0.05) is 7.11 Å². The van der Waals surface area contributed by atoms with Gasteiger partial charge in [-0.05, 0) is 42.9 Å². The lowest BCUT2D eigenvalue weighted by atomic mass is 9.98. The Labute approximate surface area is 95.6 Å². The lowest BCUT2D eigenvalue weighted by Gasteiger charge is -2.22. The molecular formula is C13H18FNO. The Morgan fingerprint density at radius 1 is 1.44 bits per heavy atom. The Kier molecular flexibility index (Phi) is 3.26. The molecule has 0 bridgehead atoms. The van der Waals surface area contributed by atoms with E-state index in [9.17, 15) is 4.39 Å². The summed E-state index contributed by atoms with van der Waals surface area (Å²) in [5.41, 5.74) is 7.59. The molecule has 2 rings (SSSR count). The summed E-state index contributed by atoms with van der Waals surface area (Å²) in [4.78, 5) is 0. The molecule has 3 heteroatoms. The van der Waals surface area contributed by atoms with Gasteiger partial charge in [0.2, 0.25) is 0 Å². The Balaban J connectivity index is 2.18.